The molecule has 2 amide bonds. The molecule has 0 radical (unpaired) electrons. The fraction of sp³-hybridized carbons (Fsp3) is 0.500. The number of aryl methyl sites for hydroxylation is 1. The van der Waals surface area contributed by atoms with Gasteiger partial charge in [0.05, 0.1) is 11.4 Å². The number of nitrogens with one attached hydrogen (secondary N) is 3. The van der Waals surface area contributed by atoms with Gasteiger partial charge >= 0.3 is 5.97 Å². The van der Waals surface area contributed by atoms with E-state index in [2.05, 4.69) is 20.5 Å². The molecule has 13 heteroatoms. The number of carbonyl (C=O) groups is 3. The molecule has 0 bridgehead atoms. The Kier molecular flexibility index (Phi) is 8.25. The van der Waals surface area contributed by atoms with Crippen molar-refractivity contribution in [3.05, 3.63) is 47.3 Å². The lowest BCUT2D eigenvalue weighted by molar-refractivity contribution is -0.138. The standard InChI is InChI=1S/C24H32N6O6S/c1-16-2-4-18(5-3-16)37(35,36)28-20(24(33)34)15-26-22(31)19-14-21-23(32)29(12-13-30(21)27-19)11-8-17-6-9-25-10-7-17/h2-5,14,17,20,25,28H,6-13,15H2,1H3,(H,26,31)(H,33,34)/t20-/m0/s1. The molecule has 4 rings (SSSR count). The van der Waals surface area contributed by atoms with E-state index in [0.29, 0.717) is 31.2 Å². The predicted molar refractivity (Wildman–Crippen MR) is 134 cm³/mol. The molecule has 37 heavy (non-hydrogen) atoms. The molecule has 2 aliphatic heterocycles. The largest absolute Gasteiger partial charge is 0.480 e. The maximum Gasteiger partial charge on any atom is 0.323 e. The monoisotopic (exact) mass is 532 g/mol. The highest BCUT2D eigenvalue weighted by Gasteiger charge is 2.30. The SMILES string of the molecule is Cc1ccc(S(=O)(=O)N[C@@H](CNC(=O)c2cc3n(n2)CCN(CCC2CCNCC2)C3=O)C(=O)O)cc1. The highest BCUT2D eigenvalue weighted by Crippen LogP contribution is 2.19. The molecule has 0 aliphatic carbocycles. The number of aliphatic carboxylic acids is 1. The maximum absolute atomic E-state index is 13.0. The average molecular weight is 533 g/mol. The first-order valence-corrected chi connectivity index (χ1v) is 13.8. The minimum Gasteiger partial charge on any atom is -0.480 e. The fourth-order valence-corrected chi connectivity index (χ4v) is 5.70. The van der Waals surface area contributed by atoms with Crippen LogP contribution >= 0.6 is 0 Å². The first kappa shape index (κ1) is 26.8. The van der Waals surface area contributed by atoms with Crippen molar-refractivity contribution in [2.24, 2.45) is 5.92 Å². The van der Waals surface area contributed by atoms with Crippen LogP contribution in [0.1, 0.15) is 45.8 Å². The van der Waals surface area contributed by atoms with Gasteiger partial charge < -0.3 is 20.6 Å². The minimum atomic E-state index is -4.12. The van der Waals surface area contributed by atoms with Crippen LogP contribution in [-0.2, 0) is 21.4 Å². The molecule has 200 valence electrons. The quantitative estimate of drug-likeness (QED) is 0.337. The van der Waals surface area contributed by atoms with Crippen LogP contribution in [0.25, 0.3) is 0 Å². The zero-order valence-electron chi connectivity index (χ0n) is 20.6. The molecule has 1 aromatic carbocycles. The van der Waals surface area contributed by atoms with Crippen LogP contribution in [0.4, 0.5) is 0 Å². The summed E-state index contributed by atoms with van der Waals surface area (Å²) in [5, 5.41) is 19.5. The second-order valence-electron chi connectivity index (χ2n) is 9.45. The molecule has 4 N–H and O–H groups in total. The summed E-state index contributed by atoms with van der Waals surface area (Å²) in [5.74, 6) is -1.75. The molecule has 1 fully saturated rings. The van der Waals surface area contributed by atoms with Crippen molar-refractivity contribution in [3.63, 3.8) is 0 Å². The molecule has 1 atom stereocenters. The van der Waals surface area contributed by atoms with E-state index in [1.165, 1.54) is 22.9 Å². The molecule has 2 aromatic rings. The zero-order valence-corrected chi connectivity index (χ0v) is 21.5. The lowest BCUT2D eigenvalue weighted by atomic mass is 9.94. The smallest absolute Gasteiger partial charge is 0.323 e. The van der Waals surface area contributed by atoms with E-state index < -0.39 is 34.5 Å². The maximum atomic E-state index is 13.0. The van der Waals surface area contributed by atoms with Gasteiger partial charge in [0, 0.05) is 25.7 Å². The van der Waals surface area contributed by atoms with Crippen molar-refractivity contribution >= 4 is 27.8 Å². The Morgan fingerprint density at radius 1 is 1.19 bits per heavy atom. The minimum absolute atomic E-state index is 0.0333. The number of carbonyl (C=O) groups excluding carboxylic acids is 2. The van der Waals surface area contributed by atoms with Crippen LogP contribution in [0.2, 0.25) is 0 Å². The number of sulfonamides is 1. The normalized spacial score (nSPS) is 17.3. The van der Waals surface area contributed by atoms with E-state index in [9.17, 15) is 27.9 Å². The van der Waals surface area contributed by atoms with Gasteiger partial charge in [-0.15, -0.1) is 0 Å². The predicted octanol–water partition coefficient (Wildman–Crippen LogP) is 0.199. The van der Waals surface area contributed by atoms with Gasteiger partial charge in [-0.2, -0.15) is 9.82 Å². The van der Waals surface area contributed by atoms with Gasteiger partial charge in [-0.05, 0) is 57.3 Å². The lowest BCUT2D eigenvalue weighted by Gasteiger charge is -2.30. The van der Waals surface area contributed by atoms with Crippen molar-refractivity contribution in [1.82, 2.24) is 30.0 Å². The Bertz CT molecular complexity index is 1250. The second-order valence-corrected chi connectivity index (χ2v) is 11.2. The molecule has 0 spiro atoms. The van der Waals surface area contributed by atoms with Crippen LogP contribution in [0.15, 0.2) is 35.2 Å². The number of benzene rings is 1. The van der Waals surface area contributed by atoms with Crippen molar-refractivity contribution in [2.75, 3.05) is 32.7 Å². The molecular weight excluding hydrogens is 500 g/mol. The first-order chi connectivity index (χ1) is 17.6. The number of carboxylic acids is 1. The lowest BCUT2D eigenvalue weighted by Crippen LogP contribution is -2.48. The summed E-state index contributed by atoms with van der Waals surface area (Å²) >= 11 is 0. The van der Waals surface area contributed by atoms with Gasteiger partial charge in [0.25, 0.3) is 11.8 Å². The molecule has 12 nitrogen and oxygen atoms in total. The molecule has 0 saturated carbocycles. The molecule has 2 aliphatic rings. The highest BCUT2D eigenvalue weighted by atomic mass is 32.2. The third-order valence-electron chi connectivity index (χ3n) is 6.76. The molecular formula is C24H32N6O6S. The summed E-state index contributed by atoms with van der Waals surface area (Å²) in [5.41, 5.74) is 1.12. The van der Waals surface area contributed by atoms with E-state index in [1.807, 2.05) is 0 Å². The van der Waals surface area contributed by atoms with Gasteiger partial charge in [-0.1, -0.05) is 17.7 Å². The van der Waals surface area contributed by atoms with Crippen LogP contribution < -0.4 is 15.4 Å². The summed E-state index contributed by atoms with van der Waals surface area (Å²) in [7, 11) is -4.12. The molecule has 3 heterocycles. The Morgan fingerprint density at radius 3 is 2.57 bits per heavy atom. The number of fused-ring (bicyclic) bond motifs is 1. The van der Waals surface area contributed by atoms with E-state index in [4.69, 9.17) is 0 Å². The van der Waals surface area contributed by atoms with Gasteiger partial charge in [0.15, 0.2) is 5.69 Å². The summed E-state index contributed by atoms with van der Waals surface area (Å²) in [6, 6.07) is 5.74. The second kappa shape index (κ2) is 11.4. The number of amides is 2. The highest BCUT2D eigenvalue weighted by molar-refractivity contribution is 7.89. The van der Waals surface area contributed by atoms with Crippen molar-refractivity contribution < 1.29 is 27.9 Å². The summed E-state index contributed by atoms with van der Waals surface area (Å²) in [6.45, 7) is 4.90. The first-order valence-electron chi connectivity index (χ1n) is 12.3. The van der Waals surface area contributed by atoms with Gasteiger partial charge in [0.1, 0.15) is 11.7 Å². The topological polar surface area (TPSA) is 163 Å². The number of piperidine rings is 1. The van der Waals surface area contributed by atoms with Crippen LogP contribution in [-0.4, -0.2) is 84.8 Å². The van der Waals surface area contributed by atoms with Crippen molar-refractivity contribution in [2.45, 2.75) is 43.7 Å². The van der Waals surface area contributed by atoms with Gasteiger partial charge in [0.2, 0.25) is 10.0 Å². The van der Waals surface area contributed by atoms with Crippen molar-refractivity contribution in [1.29, 1.82) is 0 Å². The number of hydrogen-bond donors (Lipinski definition) is 4. The molecule has 1 saturated heterocycles. The third kappa shape index (κ3) is 6.53. The van der Waals surface area contributed by atoms with Crippen LogP contribution in [0, 0.1) is 12.8 Å². The Balaban J connectivity index is 1.35. The van der Waals surface area contributed by atoms with E-state index in [1.54, 1.807) is 24.0 Å². The molecule has 0 unspecified atom stereocenters. The number of rotatable bonds is 10. The summed E-state index contributed by atoms with van der Waals surface area (Å²) < 4.78 is 28.7. The molecule has 1 aromatic heterocycles. The number of hydrogen-bond acceptors (Lipinski definition) is 7. The summed E-state index contributed by atoms with van der Waals surface area (Å²) in [6.07, 6.45) is 3.13. The fourth-order valence-electron chi connectivity index (χ4n) is 4.51. The van der Waals surface area contributed by atoms with E-state index >= 15 is 0 Å². The van der Waals surface area contributed by atoms with E-state index in [0.717, 1.165) is 37.9 Å². The average Bonchev–Trinajstić information content (AvgIpc) is 3.32. The van der Waals surface area contributed by atoms with Crippen LogP contribution in [0.3, 0.4) is 0 Å². The Hall–Kier alpha value is -3.29. The van der Waals surface area contributed by atoms with E-state index in [-0.39, 0.29) is 16.5 Å². The van der Waals surface area contributed by atoms with Gasteiger partial charge in [-0.25, -0.2) is 8.42 Å². The Morgan fingerprint density at radius 2 is 1.89 bits per heavy atom. The summed E-state index contributed by atoms with van der Waals surface area (Å²) in [4.78, 5) is 39.0. The number of aromatic nitrogens is 2. The van der Waals surface area contributed by atoms with Crippen molar-refractivity contribution in [3.8, 4) is 0 Å². The third-order valence-corrected chi connectivity index (χ3v) is 8.25. The van der Waals surface area contributed by atoms with Crippen LogP contribution in [0.5, 0.6) is 0 Å². The Labute approximate surface area is 215 Å². The zero-order chi connectivity index (χ0) is 26.6. The number of nitrogens with zero attached hydrogens (tertiary/aromatic N) is 3. The van der Waals surface area contributed by atoms with Gasteiger partial charge in [-0.3, -0.25) is 19.1 Å². The number of carboxylic acid groups (broad SMARTS) is 1.